The van der Waals surface area contributed by atoms with Crippen molar-refractivity contribution in [2.45, 2.75) is 315 Å². The molecular weight excluding hydrogens is 815 g/mol. The molecule has 66 heavy (non-hydrogen) atoms. The maximum Gasteiger partial charge on any atom is 0.306 e. The number of aliphatic hydroxyl groups is 2. The van der Waals surface area contributed by atoms with Gasteiger partial charge in [-0.15, -0.1) is 0 Å². The first-order valence-electron chi connectivity index (χ1n) is 28.9. The van der Waals surface area contributed by atoms with Crippen LogP contribution < -0.4 is 5.32 Å². The van der Waals surface area contributed by atoms with Crippen LogP contribution in [0.2, 0.25) is 0 Å². The van der Waals surface area contributed by atoms with Gasteiger partial charge in [-0.25, -0.2) is 0 Å². The van der Waals surface area contributed by atoms with Gasteiger partial charge in [0.05, 0.1) is 25.2 Å². The molecule has 0 aromatic carbocycles. The molecule has 0 saturated heterocycles. The van der Waals surface area contributed by atoms with Gasteiger partial charge in [0.25, 0.3) is 0 Å². The zero-order valence-corrected chi connectivity index (χ0v) is 44.1. The Morgan fingerprint density at radius 2 is 0.788 bits per heavy atom. The van der Waals surface area contributed by atoms with Crippen LogP contribution in [-0.4, -0.2) is 46.9 Å². The van der Waals surface area contributed by atoms with Gasteiger partial charge >= 0.3 is 5.97 Å². The third-order valence-corrected chi connectivity index (χ3v) is 13.2. The number of rotatable bonds is 52. The van der Waals surface area contributed by atoms with Crippen LogP contribution in [0.15, 0.2) is 48.6 Å². The van der Waals surface area contributed by atoms with E-state index in [4.69, 9.17) is 4.74 Å². The maximum absolute atomic E-state index is 13.2. The van der Waals surface area contributed by atoms with Crippen molar-refractivity contribution in [3.8, 4) is 0 Å². The van der Waals surface area contributed by atoms with Gasteiger partial charge in [0, 0.05) is 6.42 Å². The minimum absolute atomic E-state index is 0.0430. The van der Waals surface area contributed by atoms with Crippen LogP contribution in [0.3, 0.4) is 0 Å². The molecule has 0 aliphatic rings. The zero-order chi connectivity index (χ0) is 48.1. The molecule has 0 heterocycles. The Hall–Kier alpha value is -2.18. The Kier molecular flexibility index (Phi) is 52.0. The maximum atomic E-state index is 13.2. The molecule has 6 heteroatoms. The highest BCUT2D eigenvalue weighted by Gasteiger charge is 2.24. The van der Waals surface area contributed by atoms with E-state index in [2.05, 4.69) is 74.7 Å². The number of esters is 1. The van der Waals surface area contributed by atoms with Gasteiger partial charge in [0.15, 0.2) is 0 Å². The molecule has 0 aliphatic carbocycles. The highest BCUT2D eigenvalue weighted by Crippen LogP contribution is 2.18. The molecule has 3 N–H and O–H groups in total. The number of aliphatic hydroxyl groups excluding tert-OH is 2. The van der Waals surface area contributed by atoms with Crippen molar-refractivity contribution in [2.24, 2.45) is 0 Å². The minimum atomic E-state index is -0.801. The van der Waals surface area contributed by atoms with Gasteiger partial charge in [-0.1, -0.05) is 268 Å². The fourth-order valence-electron chi connectivity index (χ4n) is 8.77. The largest absolute Gasteiger partial charge is 0.462 e. The van der Waals surface area contributed by atoms with Gasteiger partial charge in [-0.3, -0.25) is 9.59 Å². The molecule has 3 unspecified atom stereocenters. The van der Waals surface area contributed by atoms with E-state index < -0.39 is 18.2 Å². The number of hydrogen-bond acceptors (Lipinski definition) is 5. The minimum Gasteiger partial charge on any atom is -0.462 e. The van der Waals surface area contributed by atoms with E-state index in [0.717, 1.165) is 70.6 Å². The first-order chi connectivity index (χ1) is 32.5. The number of carbonyl (C=O) groups excluding carboxylic acids is 2. The topological polar surface area (TPSA) is 95.9 Å². The van der Waals surface area contributed by atoms with E-state index in [1.807, 2.05) is 0 Å². The van der Waals surface area contributed by atoms with Crippen molar-refractivity contribution >= 4 is 11.9 Å². The molecule has 0 aliphatic heterocycles. The zero-order valence-electron chi connectivity index (χ0n) is 44.1. The van der Waals surface area contributed by atoms with E-state index in [9.17, 15) is 19.8 Å². The molecule has 1 amide bonds. The highest BCUT2D eigenvalue weighted by molar-refractivity contribution is 5.77. The van der Waals surface area contributed by atoms with Crippen LogP contribution in [0, 0.1) is 0 Å². The second-order valence-corrected chi connectivity index (χ2v) is 19.7. The number of amides is 1. The molecule has 3 atom stereocenters. The van der Waals surface area contributed by atoms with Crippen LogP contribution in [-0.2, 0) is 14.3 Å². The SMILES string of the molecule is CCCCC/C=C\C/C=C\C/C=C\C/C=C\CCCC(CC(=O)NC(CO)C(O)CCCCCCCCCCCCCC)OC(=O)CCCCCCCCCCCCCCCCCCCC. The lowest BCUT2D eigenvalue weighted by Gasteiger charge is -2.24. The number of unbranched alkanes of at least 4 members (excludes halogenated alkanes) is 32. The summed E-state index contributed by atoms with van der Waals surface area (Å²) in [5, 5.41) is 23.8. The molecule has 0 bridgehead atoms. The van der Waals surface area contributed by atoms with Crippen molar-refractivity contribution in [3.05, 3.63) is 48.6 Å². The Morgan fingerprint density at radius 3 is 1.20 bits per heavy atom. The molecular formula is C60H111NO5. The van der Waals surface area contributed by atoms with Crippen molar-refractivity contribution < 1.29 is 24.5 Å². The first-order valence-corrected chi connectivity index (χ1v) is 28.9. The molecule has 0 radical (unpaired) electrons. The van der Waals surface area contributed by atoms with Gasteiger partial charge < -0.3 is 20.3 Å². The summed E-state index contributed by atoms with van der Waals surface area (Å²) in [4.78, 5) is 26.3. The van der Waals surface area contributed by atoms with Gasteiger partial charge in [-0.2, -0.15) is 0 Å². The lowest BCUT2D eigenvalue weighted by atomic mass is 10.0. The van der Waals surface area contributed by atoms with Crippen molar-refractivity contribution in [1.82, 2.24) is 5.32 Å². The van der Waals surface area contributed by atoms with E-state index in [0.29, 0.717) is 19.3 Å². The molecule has 0 saturated carbocycles. The summed E-state index contributed by atoms with van der Waals surface area (Å²) in [5.74, 6) is -0.515. The normalized spacial score (nSPS) is 13.5. The summed E-state index contributed by atoms with van der Waals surface area (Å²) >= 11 is 0. The fraction of sp³-hybridized carbons (Fsp3) is 0.833. The first kappa shape index (κ1) is 63.8. The Labute approximate surface area is 410 Å². The average molecular weight is 927 g/mol. The second-order valence-electron chi connectivity index (χ2n) is 19.7. The molecule has 0 aromatic rings. The third kappa shape index (κ3) is 48.3. The number of nitrogens with one attached hydrogen (secondary N) is 1. The average Bonchev–Trinajstić information content (AvgIpc) is 3.31. The summed E-state index contributed by atoms with van der Waals surface area (Å²) < 4.78 is 5.94. The smallest absolute Gasteiger partial charge is 0.306 e. The second kappa shape index (κ2) is 53.8. The van der Waals surface area contributed by atoms with E-state index >= 15 is 0 Å². The van der Waals surface area contributed by atoms with Crippen LogP contribution >= 0.6 is 0 Å². The van der Waals surface area contributed by atoms with Crippen LogP contribution in [0.1, 0.15) is 297 Å². The number of hydrogen-bond donors (Lipinski definition) is 3. The third-order valence-electron chi connectivity index (χ3n) is 13.2. The summed E-state index contributed by atoms with van der Waals surface area (Å²) in [6.45, 7) is 6.47. The van der Waals surface area contributed by atoms with Crippen LogP contribution in [0.25, 0.3) is 0 Å². The Bertz CT molecular complexity index is 1130. The standard InChI is InChI=1S/C60H111NO5/c1-4-7-10-13-16-19-22-25-27-29-31-33-35-38-41-44-47-50-53-60(65)66-56(51-48-45-42-39-36-34-32-30-28-26-23-20-17-14-11-8-5-2)54-59(64)61-57(55-62)58(63)52-49-46-43-40-37-24-21-18-15-12-9-6-3/h17,20,26,28,32,34,39,42,56-58,62-63H,4-16,18-19,21-25,27,29-31,33,35-38,40-41,43-55H2,1-3H3,(H,61,64)/b20-17-,28-26-,34-32-,42-39-. The van der Waals surface area contributed by atoms with Gasteiger partial charge in [0.2, 0.25) is 5.91 Å². The van der Waals surface area contributed by atoms with E-state index in [1.54, 1.807) is 0 Å². The molecule has 0 fully saturated rings. The van der Waals surface area contributed by atoms with Crippen LogP contribution in [0.4, 0.5) is 0 Å². The molecule has 0 spiro atoms. The molecule has 0 aromatic heterocycles. The summed E-state index contributed by atoms with van der Waals surface area (Å²) in [7, 11) is 0. The van der Waals surface area contributed by atoms with Crippen LogP contribution in [0.5, 0.6) is 0 Å². The molecule has 386 valence electrons. The lowest BCUT2D eigenvalue weighted by Crippen LogP contribution is -2.46. The van der Waals surface area contributed by atoms with Crippen molar-refractivity contribution in [1.29, 1.82) is 0 Å². The summed E-state index contributed by atoms with van der Waals surface area (Å²) in [5.41, 5.74) is 0. The van der Waals surface area contributed by atoms with E-state index in [-0.39, 0.29) is 24.9 Å². The number of carbonyl (C=O) groups is 2. The predicted molar refractivity (Wildman–Crippen MR) is 287 cm³/mol. The lowest BCUT2D eigenvalue weighted by molar-refractivity contribution is -0.151. The fourth-order valence-corrected chi connectivity index (χ4v) is 8.77. The number of ether oxygens (including phenoxy) is 1. The number of allylic oxidation sites excluding steroid dienone is 8. The van der Waals surface area contributed by atoms with Crippen molar-refractivity contribution in [2.75, 3.05) is 6.61 Å². The monoisotopic (exact) mass is 926 g/mol. The summed E-state index contributed by atoms with van der Waals surface area (Å²) in [6.07, 6.45) is 66.1. The Morgan fingerprint density at radius 1 is 0.439 bits per heavy atom. The van der Waals surface area contributed by atoms with E-state index in [1.165, 1.54) is 180 Å². The Balaban J connectivity index is 4.62. The quantitative estimate of drug-likeness (QED) is 0.0321. The van der Waals surface area contributed by atoms with Gasteiger partial charge in [0.1, 0.15) is 6.10 Å². The highest BCUT2D eigenvalue weighted by atomic mass is 16.5. The summed E-state index contributed by atoms with van der Waals surface area (Å²) in [6, 6.07) is -0.718. The van der Waals surface area contributed by atoms with Crippen molar-refractivity contribution in [3.63, 3.8) is 0 Å². The molecule has 6 nitrogen and oxygen atoms in total. The van der Waals surface area contributed by atoms with Gasteiger partial charge in [-0.05, 0) is 64.2 Å². The molecule has 0 rings (SSSR count). The predicted octanol–water partition coefficient (Wildman–Crippen LogP) is 17.8.